The van der Waals surface area contributed by atoms with Gasteiger partial charge in [0.05, 0.1) is 6.54 Å². The molecule has 0 bridgehead atoms. The Morgan fingerprint density at radius 1 is 0.812 bits per heavy atom. The van der Waals surface area contributed by atoms with E-state index < -0.39 is 0 Å². The van der Waals surface area contributed by atoms with Crippen LogP contribution in [0.4, 0.5) is 5.69 Å². The summed E-state index contributed by atoms with van der Waals surface area (Å²) >= 11 is 3.52. The van der Waals surface area contributed by atoms with E-state index >= 15 is 0 Å². The monoisotopic (exact) mass is 489 g/mol. The van der Waals surface area contributed by atoms with Crippen molar-refractivity contribution in [1.29, 1.82) is 0 Å². The lowest BCUT2D eigenvalue weighted by Crippen LogP contribution is -2.30. The Morgan fingerprint density at radius 2 is 1.47 bits per heavy atom. The molecule has 0 aliphatic carbocycles. The number of anilines is 1. The van der Waals surface area contributed by atoms with E-state index in [0.29, 0.717) is 0 Å². The molecule has 0 atom stereocenters. The van der Waals surface area contributed by atoms with E-state index in [0.717, 1.165) is 42.8 Å². The summed E-state index contributed by atoms with van der Waals surface area (Å²) in [5, 5.41) is 7.21. The summed E-state index contributed by atoms with van der Waals surface area (Å²) in [6.07, 6.45) is 3.10. The maximum absolute atomic E-state index is 5.03. The van der Waals surface area contributed by atoms with Crippen molar-refractivity contribution in [3.05, 3.63) is 100 Å². The fourth-order valence-corrected chi connectivity index (χ4v) is 4.29. The Kier molecular flexibility index (Phi) is 7.00. The Bertz CT molecular complexity index is 1030. The molecule has 0 radical (unpaired) electrons. The zero-order valence-electron chi connectivity index (χ0n) is 19.3. The van der Waals surface area contributed by atoms with Crippen LogP contribution in [0.25, 0.3) is 0 Å². The first-order valence-corrected chi connectivity index (χ1v) is 12.2. The highest BCUT2D eigenvalue weighted by Gasteiger charge is 2.24. The number of rotatable bonds is 7. The van der Waals surface area contributed by atoms with Crippen LogP contribution in [-0.4, -0.2) is 17.5 Å². The number of amidine groups is 1. The second kappa shape index (κ2) is 9.91. The number of aryl methyl sites for hydroxylation is 1. The summed E-state index contributed by atoms with van der Waals surface area (Å²) in [7, 11) is 0. The predicted molar refractivity (Wildman–Crippen MR) is 139 cm³/mol. The summed E-state index contributed by atoms with van der Waals surface area (Å²) in [5.41, 5.74) is 5.42. The minimum Gasteiger partial charge on any atom is -0.309 e. The SMILES string of the molecule is CC(C)(C)c1ccc(CN2CN(c3ccccc3)C(CCCc3ccc(Br)cc3)=N2)cc1. The van der Waals surface area contributed by atoms with Gasteiger partial charge in [0.2, 0.25) is 0 Å². The summed E-state index contributed by atoms with van der Waals surface area (Å²) in [5.74, 6) is 1.15. The van der Waals surface area contributed by atoms with Gasteiger partial charge in [-0.25, -0.2) is 0 Å². The Balaban J connectivity index is 1.44. The van der Waals surface area contributed by atoms with Crippen LogP contribution in [0.2, 0.25) is 0 Å². The molecule has 0 unspecified atom stereocenters. The number of halogens is 1. The van der Waals surface area contributed by atoms with Crippen molar-refractivity contribution >= 4 is 27.5 Å². The van der Waals surface area contributed by atoms with Crippen LogP contribution in [0, 0.1) is 0 Å². The summed E-state index contributed by atoms with van der Waals surface area (Å²) < 4.78 is 1.13. The molecule has 0 fully saturated rings. The number of hydrogen-bond donors (Lipinski definition) is 0. The third-order valence-electron chi connectivity index (χ3n) is 5.91. The number of para-hydroxylation sites is 1. The molecule has 0 amide bonds. The smallest absolute Gasteiger partial charge is 0.131 e. The third-order valence-corrected chi connectivity index (χ3v) is 6.43. The van der Waals surface area contributed by atoms with E-state index in [1.165, 1.54) is 22.4 Å². The summed E-state index contributed by atoms with van der Waals surface area (Å²) in [4.78, 5) is 2.35. The molecule has 1 aliphatic heterocycles. The van der Waals surface area contributed by atoms with E-state index in [9.17, 15) is 0 Å². The highest BCUT2D eigenvalue weighted by atomic mass is 79.9. The molecule has 1 aliphatic rings. The Hall–Kier alpha value is -2.59. The molecule has 4 heteroatoms. The van der Waals surface area contributed by atoms with Gasteiger partial charge in [0.15, 0.2) is 0 Å². The summed E-state index contributed by atoms with van der Waals surface area (Å²) in [6, 6.07) is 28.2. The van der Waals surface area contributed by atoms with Gasteiger partial charge in [-0.05, 0) is 59.2 Å². The highest BCUT2D eigenvalue weighted by Crippen LogP contribution is 2.25. The van der Waals surface area contributed by atoms with Gasteiger partial charge in [0.1, 0.15) is 12.5 Å². The minimum atomic E-state index is 0.177. The number of hydrogen-bond acceptors (Lipinski definition) is 3. The normalized spacial score (nSPS) is 14.1. The summed E-state index contributed by atoms with van der Waals surface area (Å²) in [6.45, 7) is 8.38. The van der Waals surface area contributed by atoms with Crippen molar-refractivity contribution < 1.29 is 0 Å². The average molecular weight is 490 g/mol. The van der Waals surface area contributed by atoms with Gasteiger partial charge in [-0.3, -0.25) is 5.01 Å². The maximum Gasteiger partial charge on any atom is 0.131 e. The topological polar surface area (TPSA) is 18.8 Å². The van der Waals surface area contributed by atoms with Crippen LogP contribution in [0.15, 0.2) is 88.4 Å². The van der Waals surface area contributed by atoms with Gasteiger partial charge >= 0.3 is 0 Å². The van der Waals surface area contributed by atoms with Gasteiger partial charge in [-0.1, -0.05) is 91.3 Å². The van der Waals surface area contributed by atoms with E-state index in [1.807, 2.05) is 0 Å². The van der Waals surface area contributed by atoms with Crippen LogP contribution in [0.5, 0.6) is 0 Å². The standard InChI is InChI=1S/C28H32BrN3/c1-28(2,3)24-16-12-23(13-17-24)20-31-21-32(26-9-5-4-6-10-26)27(30-31)11-7-8-22-14-18-25(29)19-15-22/h4-6,9-10,12-19H,7-8,11,20-21H2,1-3H3. The molecule has 4 rings (SSSR count). The van der Waals surface area contributed by atoms with Crippen molar-refractivity contribution in [2.24, 2.45) is 5.10 Å². The van der Waals surface area contributed by atoms with Gasteiger partial charge in [-0.15, -0.1) is 0 Å². The first kappa shape index (κ1) is 22.6. The van der Waals surface area contributed by atoms with Crippen molar-refractivity contribution in [1.82, 2.24) is 5.01 Å². The molecule has 0 saturated carbocycles. The fraction of sp³-hybridized carbons (Fsp3) is 0.321. The van der Waals surface area contributed by atoms with Crippen LogP contribution < -0.4 is 4.90 Å². The molecule has 0 aromatic heterocycles. The van der Waals surface area contributed by atoms with Gasteiger partial charge < -0.3 is 4.90 Å². The molecule has 32 heavy (non-hydrogen) atoms. The van der Waals surface area contributed by atoms with Gasteiger partial charge in [-0.2, -0.15) is 5.10 Å². The van der Waals surface area contributed by atoms with Gasteiger partial charge in [0, 0.05) is 16.6 Å². The van der Waals surface area contributed by atoms with Crippen molar-refractivity contribution in [2.45, 2.75) is 52.0 Å². The fourth-order valence-electron chi connectivity index (χ4n) is 4.03. The molecule has 3 aromatic carbocycles. The molecule has 3 aromatic rings. The van der Waals surface area contributed by atoms with E-state index in [2.05, 4.69) is 125 Å². The zero-order chi connectivity index (χ0) is 22.6. The molecular weight excluding hydrogens is 458 g/mol. The van der Waals surface area contributed by atoms with Crippen LogP contribution in [0.1, 0.15) is 50.3 Å². The predicted octanol–water partition coefficient (Wildman–Crippen LogP) is 7.36. The van der Waals surface area contributed by atoms with Crippen molar-refractivity contribution in [2.75, 3.05) is 11.6 Å². The van der Waals surface area contributed by atoms with Gasteiger partial charge in [0.25, 0.3) is 0 Å². The van der Waals surface area contributed by atoms with E-state index in [-0.39, 0.29) is 5.41 Å². The Labute approximate surface area is 200 Å². The molecule has 1 heterocycles. The Morgan fingerprint density at radius 3 is 2.12 bits per heavy atom. The quantitative estimate of drug-likeness (QED) is 0.345. The number of nitrogens with zero attached hydrogens (tertiary/aromatic N) is 3. The second-order valence-electron chi connectivity index (χ2n) is 9.51. The molecule has 166 valence electrons. The molecule has 0 N–H and O–H groups in total. The maximum atomic E-state index is 5.03. The van der Waals surface area contributed by atoms with Crippen LogP contribution in [-0.2, 0) is 18.4 Å². The van der Waals surface area contributed by atoms with E-state index in [1.54, 1.807) is 0 Å². The minimum absolute atomic E-state index is 0.177. The largest absolute Gasteiger partial charge is 0.309 e. The lowest BCUT2D eigenvalue weighted by atomic mass is 9.87. The van der Waals surface area contributed by atoms with Crippen molar-refractivity contribution in [3.8, 4) is 0 Å². The molecule has 3 nitrogen and oxygen atoms in total. The molecule has 0 saturated heterocycles. The van der Waals surface area contributed by atoms with E-state index in [4.69, 9.17) is 5.10 Å². The van der Waals surface area contributed by atoms with Crippen LogP contribution in [0.3, 0.4) is 0 Å². The lowest BCUT2D eigenvalue weighted by molar-refractivity contribution is 0.310. The highest BCUT2D eigenvalue weighted by molar-refractivity contribution is 9.10. The molecular formula is C28H32BrN3. The zero-order valence-corrected chi connectivity index (χ0v) is 20.8. The number of benzene rings is 3. The first-order valence-electron chi connectivity index (χ1n) is 11.4. The number of hydrazone groups is 1. The average Bonchev–Trinajstić information content (AvgIpc) is 3.18. The lowest BCUT2D eigenvalue weighted by Gasteiger charge is -2.22. The third kappa shape index (κ3) is 5.80. The van der Waals surface area contributed by atoms with Crippen LogP contribution >= 0.6 is 15.9 Å². The van der Waals surface area contributed by atoms with Crippen molar-refractivity contribution in [3.63, 3.8) is 0 Å². The first-order chi connectivity index (χ1) is 15.4. The second-order valence-corrected chi connectivity index (χ2v) is 10.4. The molecule has 0 spiro atoms.